The predicted molar refractivity (Wildman–Crippen MR) is 79.0 cm³/mol. The Morgan fingerprint density at radius 2 is 2.05 bits per heavy atom. The van der Waals surface area contributed by atoms with Crippen molar-refractivity contribution in [3.8, 4) is 0 Å². The zero-order chi connectivity index (χ0) is 13.7. The third-order valence-corrected chi connectivity index (χ3v) is 3.95. The van der Waals surface area contributed by atoms with Crippen LogP contribution < -0.4 is 11.1 Å². The lowest BCUT2D eigenvalue weighted by Crippen LogP contribution is -2.34. The highest BCUT2D eigenvalue weighted by molar-refractivity contribution is 5.93. The molecule has 0 saturated heterocycles. The van der Waals surface area contributed by atoms with Gasteiger partial charge in [-0.1, -0.05) is 31.9 Å². The van der Waals surface area contributed by atoms with Gasteiger partial charge in [-0.05, 0) is 43.4 Å². The number of nitrogens with two attached hydrogens (primary N) is 1. The molecular weight excluding hydrogens is 236 g/mol. The molecule has 0 radical (unpaired) electrons. The number of benzene rings is 1. The van der Waals surface area contributed by atoms with E-state index in [9.17, 15) is 4.79 Å². The minimum absolute atomic E-state index is 0.0141. The summed E-state index contributed by atoms with van der Waals surface area (Å²) < 4.78 is 0. The number of carbonyl (C=O) groups is 1. The Morgan fingerprint density at radius 3 is 2.63 bits per heavy atom. The second-order valence-electron chi connectivity index (χ2n) is 5.49. The van der Waals surface area contributed by atoms with E-state index in [-0.39, 0.29) is 17.9 Å². The summed E-state index contributed by atoms with van der Waals surface area (Å²) in [6, 6.07) is 8.20. The highest BCUT2D eigenvalue weighted by Gasteiger charge is 2.30. The van der Waals surface area contributed by atoms with E-state index in [1.807, 2.05) is 12.1 Å². The van der Waals surface area contributed by atoms with Crippen LogP contribution in [0.4, 0.5) is 5.69 Å². The van der Waals surface area contributed by atoms with Crippen molar-refractivity contribution in [2.75, 3.05) is 5.32 Å². The van der Waals surface area contributed by atoms with Gasteiger partial charge in [0.1, 0.15) is 0 Å². The van der Waals surface area contributed by atoms with Crippen molar-refractivity contribution in [1.82, 2.24) is 0 Å². The van der Waals surface area contributed by atoms with Gasteiger partial charge in [-0.15, -0.1) is 0 Å². The standard InChI is InChI=1S/C16H24N2O/c1-2-3-5-12-8-10-13(11-9-12)18-16(19)14-6-4-7-15(14)17/h8-11,14-15H,2-7,17H2,1H3,(H,18,19). The van der Waals surface area contributed by atoms with Gasteiger partial charge in [-0.25, -0.2) is 0 Å². The topological polar surface area (TPSA) is 55.1 Å². The third-order valence-electron chi connectivity index (χ3n) is 3.95. The van der Waals surface area contributed by atoms with Crippen LogP contribution >= 0.6 is 0 Å². The van der Waals surface area contributed by atoms with Crippen molar-refractivity contribution in [3.63, 3.8) is 0 Å². The van der Waals surface area contributed by atoms with Gasteiger partial charge in [-0.3, -0.25) is 4.79 Å². The van der Waals surface area contributed by atoms with Crippen LogP contribution in [0.25, 0.3) is 0 Å². The van der Waals surface area contributed by atoms with Gasteiger partial charge >= 0.3 is 0 Å². The number of hydrogen-bond acceptors (Lipinski definition) is 2. The van der Waals surface area contributed by atoms with Crippen LogP contribution in [0.1, 0.15) is 44.6 Å². The van der Waals surface area contributed by atoms with Gasteiger partial charge in [0.15, 0.2) is 0 Å². The van der Waals surface area contributed by atoms with Gasteiger partial charge in [0.05, 0.1) is 5.92 Å². The molecule has 0 heterocycles. The number of amides is 1. The quantitative estimate of drug-likeness (QED) is 0.854. The van der Waals surface area contributed by atoms with Crippen LogP contribution in [0.15, 0.2) is 24.3 Å². The molecule has 1 fully saturated rings. The fourth-order valence-corrected chi connectivity index (χ4v) is 2.68. The summed E-state index contributed by atoms with van der Waals surface area (Å²) in [5.74, 6) is 0.0612. The third kappa shape index (κ3) is 3.80. The Hall–Kier alpha value is -1.35. The number of carbonyl (C=O) groups excluding carboxylic acids is 1. The highest BCUT2D eigenvalue weighted by Crippen LogP contribution is 2.25. The minimum atomic E-state index is -0.0141. The first-order valence-corrected chi connectivity index (χ1v) is 7.36. The molecule has 2 rings (SSSR count). The molecule has 0 aromatic heterocycles. The van der Waals surface area contributed by atoms with Gasteiger partial charge in [0.25, 0.3) is 0 Å². The van der Waals surface area contributed by atoms with E-state index in [0.29, 0.717) is 0 Å². The molecule has 0 bridgehead atoms. The largest absolute Gasteiger partial charge is 0.327 e. The van der Waals surface area contributed by atoms with E-state index in [1.54, 1.807) is 0 Å². The number of hydrogen-bond donors (Lipinski definition) is 2. The molecule has 2 atom stereocenters. The van der Waals surface area contributed by atoms with Crippen molar-refractivity contribution in [2.24, 2.45) is 11.7 Å². The van der Waals surface area contributed by atoms with Gasteiger partial charge in [0, 0.05) is 11.7 Å². The zero-order valence-corrected chi connectivity index (χ0v) is 11.7. The Labute approximate surface area is 115 Å². The first-order chi connectivity index (χ1) is 9.20. The van der Waals surface area contributed by atoms with Crippen LogP contribution in [0.2, 0.25) is 0 Å². The van der Waals surface area contributed by atoms with Crippen LogP contribution in [-0.2, 0) is 11.2 Å². The Kier molecular flexibility index (Phi) is 4.97. The fraction of sp³-hybridized carbons (Fsp3) is 0.562. The molecule has 1 aliphatic carbocycles. The van der Waals surface area contributed by atoms with Crippen LogP contribution in [0, 0.1) is 5.92 Å². The molecule has 1 aliphatic rings. The normalized spacial score (nSPS) is 22.4. The second kappa shape index (κ2) is 6.71. The summed E-state index contributed by atoms with van der Waals surface area (Å²) in [6.07, 6.45) is 6.48. The smallest absolute Gasteiger partial charge is 0.229 e. The Balaban J connectivity index is 1.90. The maximum Gasteiger partial charge on any atom is 0.229 e. The van der Waals surface area contributed by atoms with Crippen molar-refractivity contribution in [2.45, 2.75) is 51.5 Å². The van der Waals surface area contributed by atoms with Gasteiger partial charge < -0.3 is 11.1 Å². The lowest BCUT2D eigenvalue weighted by atomic mass is 10.0. The van der Waals surface area contributed by atoms with E-state index in [0.717, 1.165) is 31.4 Å². The molecule has 0 aliphatic heterocycles. The molecule has 1 aromatic carbocycles. The van der Waals surface area contributed by atoms with Gasteiger partial charge in [-0.2, -0.15) is 0 Å². The van der Waals surface area contributed by atoms with Gasteiger partial charge in [0.2, 0.25) is 5.91 Å². The van der Waals surface area contributed by atoms with E-state index >= 15 is 0 Å². The summed E-state index contributed by atoms with van der Waals surface area (Å²) >= 11 is 0. The second-order valence-corrected chi connectivity index (χ2v) is 5.49. The van der Waals surface area contributed by atoms with E-state index < -0.39 is 0 Å². The summed E-state index contributed by atoms with van der Waals surface area (Å²) in [4.78, 5) is 12.1. The molecule has 104 valence electrons. The molecule has 1 saturated carbocycles. The maximum atomic E-state index is 12.1. The molecule has 3 N–H and O–H groups in total. The molecule has 1 amide bonds. The van der Waals surface area contributed by atoms with Crippen LogP contribution in [-0.4, -0.2) is 11.9 Å². The van der Waals surface area contributed by atoms with Crippen molar-refractivity contribution in [1.29, 1.82) is 0 Å². The Morgan fingerprint density at radius 1 is 1.32 bits per heavy atom. The average Bonchev–Trinajstić information content (AvgIpc) is 2.84. The van der Waals surface area contributed by atoms with Crippen molar-refractivity contribution in [3.05, 3.63) is 29.8 Å². The lowest BCUT2D eigenvalue weighted by molar-refractivity contribution is -0.120. The first kappa shape index (κ1) is 14.1. The van der Waals surface area contributed by atoms with E-state index in [1.165, 1.54) is 18.4 Å². The average molecular weight is 260 g/mol. The highest BCUT2D eigenvalue weighted by atomic mass is 16.1. The zero-order valence-electron chi connectivity index (χ0n) is 11.7. The SMILES string of the molecule is CCCCc1ccc(NC(=O)C2CCCC2N)cc1. The lowest BCUT2D eigenvalue weighted by Gasteiger charge is -2.15. The van der Waals surface area contributed by atoms with E-state index in [4.69, 9.17) is 5.73 Å². The molecule has 0 spiro atoms. The van der Waals surface area contributed by atoms with Crippen LogP contribution in [0.5, 0.6) is 0 Å². The van der Waals surface area contributed by atoms with Crippen molar-refractivity contribution < 1.29 is 4.79 Å². The summed E-state index contributed by atoms with van der Waals surface area (Å²) in [5.41, 5.74) is 8.16. The molecular formula is C16H24N2O. The number of unbranched alkanes of at least 4 members (excludes halogenated alkanes) is 1. The Bertz CT molecular complexity index is 413. The summed E-state index contributed by atoms with van der Waals surface area (Å²) in [7, 11) is 0. The molecule has 19 heavy (non-hydrogen) atoms. The monoisotopic (exact) mass is 260 g/mol. The first-order valence-electron chi connectivity index (χ1n) is 7.36. The molecule has 2 unspecified atom stereocenters. The van der Waals surface area contributed by atoms with Crippen LogP contribution in [0.3, 0.4) is 0 Å². The fourth-order valence-electron chi connectivity index (χ4n) is 2.68. The predicted octanol–water partition coefficient (Wildman–Crippen LogP) is 3.10. The van der Waals surface area contributed by atoms with E-state index in [2.05, 4.69) is 24.4 Å². The summed E-state index contributed by atoms with van der Waals surface area (Å²) in [6.45, 7) is 2.19. The molecule has 3 heteroatoms. The number of aryl methyl sites for hydroxylation is 1. The molecule has 1 aromatic rings. The number of rotatable bonds is 5. The number of nitrogens with one attached hydrogen (secondary N) is 1. The minimum Gasteiger partial charge on any atom is -0.327 e. The number of anilines is 1. The molecule has 3 nitrogen and oxygen atoms in total. The van der Waals surface area contributed by atoms with Crippen molar-refractivity contribution >= 4 is 11.6 Å². The summed E-state index contributed by atoms with van der Waals surface area (Å²) in [5, 5.41) is 2.98. The maximum absolute atomic E-state index is 12.1.